The van der Waals surface area contributed by atoms with Gasteiger partial charge in [-0.25, -0.2) is 0 Å². The molecule has 1 atom stereocenters. The van der Waals surface area contributed by atoms with Crippen LogP contribution in [0.2, 0.25) is 0 Å². The topological polar surface area (TPSA) is 41.1 Å². The molecule has 4 heteroatoms. The molecule has 86 valence electrons. The van der Waals surface area contributed by atoms with E-state index in [0.717, 1.165) is 29.5 Å². The highest BCUT2D eigenvalue weighted by Crippen LogP contribution is 2.16. The lowest BCUT2D eigenvalue weighted by Gasteiger charge is -2.22. The zero-order valence-electron chi connectivity index (χ0n) is 9.00. The van der Waals surface area contributed by atoms with Gasteiger partial charge >= 0.3 is 0 Å². The maximum atomic E-state index is 11.9. The van der Waals surface area contributed by atoms with E-state index in [1.807, 2.05) is 24.3 Å². The third-order valence-corrected chi connectivity index (χ3v) is 3.21. The largest absolute Gasteiger partial charge is 0.325 e. The summed E-state index contributed by atoms with van der Waals surface area (Å²) in [5.41, 5.74) is 0.840. The summed E-state index contributed by atoms with van der Waals surface area (Å²) in [5, 5.41) is 6.15. The van der Waals surface area contributed by atoms with Gasteiger partial charge in [0.05, 0.1) is 6.04 Å². The Morgan fingerprint density at radius 3 is 3.00 bits per heavy atom. The van der Waals surface area contributed by atoms with E-state index < -0.39 is 0 Å². The molecule has 0 radical (unpaired) electrons. The molecule has 1 aliphatic heterocycles. The molecule has 1 unspecified atom stereocenters. The van der Waals surface area contributed by atoms with E-state index in [0.29, 0.717) is 0 Å². The van der Waals surface area contributed by atoms with Crippen molar-refractivity contribution in [2.45, 2.75) is 25.3 Å². The molecule has 1 amide bonds. The van der Waals surface area contributed by atoms with Crippen molar-refractivity contribution >= 4 is 27.5 Å². The summed E-state index contributed by atoms with van der Waals surface area (Å²) in [5.74, 6) is 0.0674. The molecule has 1 fully saturated rings. The molecule has 2 rings (SSSR count). The molecular formula is C12H15BrN2O. The maximum absolute atomic E-state index is 11.9. The maximum Gasteiger partial charge on any atom is 0.241 e. The number of amides is 1. The second-order valence-corrected chi connectivity index (χ2v) is 4.92. The number of nitrogens with one attached hydrogen (secondary N) is 2. The van der Waals surface area contributed by atoms with Crippen LogP contribution in [-0.4, -0.2) is 18.5 Å². The van der Waals surface area contributed by atoms with Gasteiger partial charge in [-0.3, -0.25) is 4.79 Å². The Kier molecular flexibility index (Phi) is 3.96. The minimum Gasteiger partial charge on any atom is -0.325 e. The van der Waals surface area contributed by atoms with Crippen molar-refractivity contribution in [1.29, 1.82) is 0 Å². The first-order chi connectivity index (χ1) is 7.75. The van der Waals surface area contributed by atoms with Crippen LogP contribution in [0.3, 0.4) is 0 Å². The number of carbonyl (C=O) groups is 1. The average Bonchev–Trinajstić information content (AvgIpc) is 2.30. The van der Waals surface area contributed by atoms with E-state index in [4.69, 9.17) is 0 Å². The number of benzene rings is 1. The van der Waals surface area contributed by atoms with E-state index in [1.54, 1.807) is 0 Å². The van der Waals surface area contributed by atoms with Crippen LogP contribution in [-0.2, 0) is 4.79 Å². The minimum atomic E-state index is -0.0345. The molecule has 1 aromatic carbocycles. The zero-order chi connectivity index (χ0) is 11.4. The zero-order valence-corrected chi connectivity index (χ0v) is 10.6. The summed E-state index contributed by atoms with van der Waals surface area (Å²) in [7, 11) is 0. The van der Waals surface area contributed by atoms with Crippen molar-refractivity contribution in [2.75, 3.05) is 11.9 Å². The van der Waals surface area contributed by atoms with E-state index in [-0.39, 0.29) is 11.9 Å². The Hall–Kier alpha value is -0.870. The summed E-state index contributed by atoms with van der Waals surface area (Å²) in [6.07, 6.45) is 3.23. The number of hydrogen-bond acceptors (Lipinski definition) is 2. The van der Waals surface area contributed by atoms with Crippen LogP contribution in [0.1, 0.15) is 19.3 Å². The van der Waals surface area contributed by atoms with Gasteiger partial charge in [0.15, 0.2) is 0 Å². The highest BCUT2D eigenvalue weighted by Gasteiger charge is 2.20. The minimum absolute atomic E-state index is 0.0345. The van der Waals surface area contributed by atoms with Crippen LogP contribution in [0.4, 0.5) is 5.69 Å². The van der Waals surface area contributed by atoms with Gasteiger partial charge in [0.1, 0.15) is 0 Å². The number of halogens is 1. The molecule has 3 nitrogen and oxygen atoms in total. The molecule has 0 spiro atoms. The molecule has 1 aliphatic rings. The van der Waals surface area contributed by atoms with Gasteiger partial charge in [-0.2, -0.15) is 0 Å². The van der Waals surface area contributed by atoms with Crippen LogP contribution < -0.4 is 10.6 Å². The van der Waals surface area contributed by atoms with E-state index >= 15 is 0 Å². The predicted octanol–water partition coefficient (Wildman–Crippen LogP) is 2.53. The average molecular weight is 283 g/mol. The first-order valence-electron chi connectivity index (χ1n) is 5.55. The second kappa shape index (κ2) is 5.46. The van der Waals surface area contributed by atoms with Gasteiger partial charge in [0, 0.05) is 10.2 Å². The van der Waals surface area contributed by atoms with Crippen molar-refractivity contribution in [3.05, 3.63) is 28.7 Å². The summed E-state index contributed by atoms with van der Waals surface area (Å²) in [6, 6.07) is 7.61. The Morgan fingerprint density at radius 2 is 2.31 bits per heavy atom. The van der Waals surface area contributed by atoms with Crippen LogP contribution in [0.25, 0.3) is 0 Å². The Bertz CT molecular complexity index is 375. The lowest BCUT2D eigenvalue weighted by atomic mass is 10.0. The summed E-state index contributed by atoms with van der Waals surface area (Å²) < 4.78 is 0.974. The van der Waals surface area contributed by atoms with Gasteiger partial charge in [-0.1, -0.05) is 28.4 Å². The van der Waals surface area contributed by atoms with Crippen molar-refractivity contribution in [3.63, 3.8) is 0 Å². The Balaban J connectivity index is 1.96. The number of carbonyl (C=O) groups excluding carboxylic acids is 1. The fourth-order valence-electron chi connectivity index (χ4n) is 1.87. The van der Waals surface area contributed by atoms with Gasteiger partial charge in [0.2, 0.25) is 5.91 Å². The first kappa shape index (κ1) is 11.6. The van der Waals surface area contributed by atoms with E-state index in [1.165, 1.54) is 6.42 Å². The van der Waals surface area contributed by atoms with Gasteiger partial charge < -0.3 is 10.6 Å². The molecule has 16 heavy (non-hydrogen) atoms. The third-order valence-electron chi connectivity index (χ3n) is 2.72. The summed E-state index contributed by atoms with van der Waals surface area (Å²) >= 11 is 3.38. The quantitative estimate of drug-likeness (QED) is 0.875. The van der Waals surface area contributed by atoms with Crippen LogP contribution in [0, 0.1) is 0 Å². The molecule has 0 aromatic heterocycles. The highest BCUT2D eigenvalue weighted by atomic mass is 79.9. The molecule has 2 N–H and O–H groups in total. The van der Waals surface area contributed by atoms with E-state index in [2.05, 4.69) is 26.6 Å². The SMILES string of the molecule is O=C(Nc1cccc(Br)c1)C1CCCCN1. The van der Waals surface area contributed by atoms with Crippen molar-refractivity contribution in [1.82, 2.24) is 5.32 Å². The molecule has 0 aliphatic carbocycles. The molecule has 1 aromatic rings. The Morgan fingerprint density at radius 1 is 1.44 bits per heavy atom. The monoisotopic (exact) mass is 282 g/mol. The van der Waals surface area contributed by atoms with Crippen LogP contribution >= 0.6 is 15.9 Å². The first-order valence-corrected chi connectivity index (χ1v) is 6.35. The summed E-state index contributed by atoms with van der Waals surface area (Å²) in [6.45, 7) is 0.941. The third kappa shape index (κ3) is 3.06. The molecule has 0 saturated carbocycles. The number of rotatable bonds is 2. The van der Waals surface area contributed by atoms with Crippen molar-refractivity contribution in [3.8, 4) is 0 Å². The highest BCUT2D eigenvalue weighted by molar-refractivity contribution is 9.10. The number of anilines is 1. The van der Waals surface area contributed by atoms with Crippen LogP contribution in [0.15, 0.2) is 28.7 Å². The molecule has 1 heterocycles. The normalized spacial score (nSPS) is 20.4. The smallest absolute Gasteiger partial charge is 0.241 e. The molecule has 0 bridgehead atoms. The summed E-state index contributed by atoms with van der Waals surface area (Å²) in [4.78, 5) is 11.9. The van der Waals surface area contributed by atoms with Crippen molar-refractivity contribution in [2.24, 2.45) is 0 Å². The Labute approximate surface area is 104 Å². The molecule has 1 saturated heterocycles. The van der Waals surface area contributed by atoms with Gasteiger partial charge in [-0.05, 0) is 37.6 Å². The van der Waals surface area contributed by atoms with Crippen molar-refractivity contribution < 1.29 is 4.79 Å². The predicted molar refractivity (Wildman–Crippen MR) is 68.4 cm³/mol. The molecular weight excluding hydrogens is 268 g/mol. The lowest BCUT2D eigenvalue weighted by Crippen LogP contribution is -2.43. The van der Waals surface area contributed by atoms with Crippen LogP contribution in [0.5, 0.6) is 0 Å². The lowest BCUT2D eigenvalue weighted by molar-refractivity contribution is -0.118. The number of hydrogen-bond donors (Lipinski definition) is 2. The van der Waals surface area contributed by atoms with Gasteiger partial charge in [0.25, 0.3) is 0 Å². The fraction of sp³-hybridized carbons (Fsp3) is 0.417. The fourth-order valence-corrected chi connectivity index (χ4v) is 2.27. The van der Waals surface area contributed by atoms with Gasteiger partial charge in [-0.15, -0.1) is 0 Å². The standard InChI is InChI=1S/C12H15BrN2O/c13-9-4-3-5-10(8-9)15-12(16)11-6-1-2-7-14-11/h3-5,8,11,14H,1-2,6-7H2,(H,15,16). The van der Waals surface area contributed by atoms with E-state index in [9.17, 15) is 4.79 Å². The second-order valence-electron chi connectivity index (χ2n) is 4.00. The number of piperidine rings is 1.